The standard InChI is InChI=1S/C13H11BrN2O3/c1-2-19-12-7-16-11(4-10(12)13(17)18)8-3-9(14)6-15-5-8/h3-7H,2H2,1H3,(H,17,18). The SMILES string of the molecule is CCOc1cnc(-c2cncc(Br)c2)cc1C(=O)O. The molecule has 2 heterocycles. The van der Waals surface area contributed by atoms with Gasteiger partial charge in [0.2, 0.25) is 0 Å². The minimum atomic E-state index is -1.05. The van der Waals surface area contributed by atoms with Gasteiger partial charge in [0.1, 0.15) is 5.56 Å². The number of aromatic carboxylic acids is 1. The van der Waals surface area contributed by atoms with Crippen molar-refractivity contribution in [1.29, 1.82) is 0 Å². The average molecular weight is 323 g/mol. The van der Waals surface area contributed by atoms with E-state index in [4.69, 9.17) is 4.74 Å². The average Bonchev–Trinajstić information content (AvgIpc) is 2.39. The van der Waals surface area contributed by atoms with Crippen molar-refractivity contribution in [2.75, 3.05) is 6.61 Å². The normalized spacial score (nSPS) is 10.2. The Kier molecular flexibility index (Phi) is 4.11. The van der Waals surface area contributed by atoms with Gasteiger partial charge >= 0.3 is 5.97 Å². The molecule has 0 bridgehead atoms. The molecule has 0 aliphatic heterocycles. The monoisotopic (exact) mass is 322 g/mol. The van der Waals surface area contributed by atoms with Crippen LogP contribution in [0.15, 0.2) is 35.2 Å². The van der Waals surface area contributed by atoms with Gasteiger partial charge in [-0.3, -0.25) is 9.97 Å². The van der Waals surface area contributed by atoms with Crippen molar-refractivity contribution in [1.82, 2.24) is 9.97 Å². The van der Waals surface area contributed by atoms with Crippen LogP contribution < -0.4 is 4.74 Å². The zero-order chi connectivity index (χ0) is 13.8. The molecule has 2 aromatic rings. The second-order valence-electron chi connectivity index (χ2n) is 3.70. The molecule has 5 nitrogen and oxygen atoms in total. The summed E-state index contributed by atoms with van der Waals surface area (Å²) in [7, 11) is 0. The fourth-order valence-electron chi connectivity index (χ4n) is 1.59. The van der Waals surface area contributed by atoms with Crippen LogP contribution in [0.25, 0.3) is 11.3 Å². The molecule has 98 valence electrons. The predicted molar refractivity (Wildman–Crippen MR) is 73.3 cm³/mol. The number of pyridine rings is 2. The maximum absolute atomic E-state index is 11.2. The lowest BCUT2D eigenvalue weighted by Gasteiger charge is -2.08. The third kappa shape index (κ3) is 3.08. The number of ether oxygens (including phenoxy) is 1. The molecule has 0 saturated heterocycles. The van der Waals surface area contributed by atoms with Crippen LogP contribution in [0.3, 0.4) is 0 Å². The van der Waals surface area contributed by atoms with Crippen molar-refractivity contribution < 1.29 is 14.6 Å². The van der Waals surface area contributed by atoms with Gasteiger partial charge in [-0.25, -0.2) is 4.79 Å². The molecule has 0 saturated carbocycles. The zero-order valence-electron chi connectivity index (χ0n) is 10.1. The van der Waals surface area contributed by atoms with E-state index < -0.39 is 5.97 Å². The summed E-state index contributed by atoms with van der Waals surface area (Å²) in [6.07, 6.45) is 4.69. The lowest BCUT2D eigenvalue weighted by Crippen LogP contribution is -2.04. The van der Waals surface area contributed by atoms with E-state index in [-0.39, 0.29) is 11.3 Å². The van der Waals surface area contributed by atoms with Gasteiger partial charge in [-0.1, -0.05) is 0 Å². The second-order valence-corrected chi connectivity index (χ2v) is 4.61. The lowest BCUT2D eigenvalue weighted by atomic mass is 10.1. The van der Waals surface area contributed by atoms with Crippen LogP contribution >= 0.6 is 15.9 Å². The fourth-order valence-corrected chi connectivity index (χ4v) is 1.96. The number of nitrogens with zero attached hydrogens (tertiary/aromatic N) is 2. The zero-order valence-corrected chi connectivity index (χ0v) is 11.7. The first kappa shape index (κ1) is 13.5. The van der Waals surface area contributed by atoms with E-state index in [1.54, 1.807) is 19.3 Å². The highest BCUT2D eigenvalue weighted by molar-refractivity contribution is 9.10. The predicted octanol–water partition coefficient (Wildman–Crippen LogP) is 3.00. The van der Waals surface area contributed by atoms with Crippen LogP contribution in [0, 0.1) is 0 Å². The van der Waals surface area contributed by atoms with Crippen LogP contribution in [0.4, 0.5) is 0 Å². The fraction of sp³-hybridized carbons (Fsp3) is 0.154. The Labute approximate surface area is 118 Å². The number of carboxylic acid groups (broad SMARTS) is 1. The van der Waals surface area contributed by atoms with Gasteiger partial charge in [-0.2, -0.15) is 0 Å². The van der Waals surface area contributed by atoms with Gasteiger partial charge in [0, 0.05) is 22.4 Å². The van der Waals surface area contributed by atoms with Crippen LogP contribution in [-0.2, 0) is 0 Å². The van der Waals surface area contributed by atoms with Crippen molar-refractivity contribution in [3.63, 3.8) is 0 Å². The Bertz CT molecular complexity index is 617. The van der Waals surface area contributed by atoms with E-state index in [1.165, 1.54) is 12.3 Å². The first-order chi connectivity index (χ1) is 9.11. The summed E-state index contributed by atoms with van der Waals surface area (Å²) in [5, 5.41) is 9.19. The van der Waals surface area contributed by atoms with Gasteiger partial charge in [-0.15, -0.1) is 0 Å². The topological polar surface area (TPSA) is 72.3 Å². The molecule has 0 spiro atoms. The molecule has 0 aromatic carbocycles. The highest BCUT2D eigenvalue weighted by atomic mass is 79.9. The summed E-state index contributed by atoms with van der Waals surface area (Å²) in [5.41, 5.74) is 1.36. The van der Waals surface area contributed by atoms with Crippen molar-refractivity contribution >= 4 is 21.9 Å². The largest absolute Gasteiger partial charge is 0.491 e. The number of hydrogen-bond donors (Lipinski definition) is 1. The molecule has 0 unspecified atom stereocenters. The van der Waals surface area contributed by atoms with Gasteiger partial charge < -0.3 is 9.84 Å². The highest BCUT2D eigenvalue weighted by Gasteiger charge is 2.14. The summed E-state index contributed by atoms with van der Waals surface area (Å²) in [6.45, 7) is 2.18. The Morgan fingerprint density at radius 2 is 2.16 bits per heavy atom. The Balaban J connectivity index is 2.49. The van der Waals surface area contributed by atoms with Gasteiger partial charge in [0.25, 0.3) is 0 Å². The maximum atomic E-state index is 11.2. The first-order valence-electron chi connectivity index (χ1n) is 5.59. The van der Waals surface area contributed by atoms with E-state index in [2.05, 4.69) is 25.9 Å². The molecule has 2 aromatic heterocycles. The number of carboxylic acids is 1. The second kappa shape index (κ2) is 5.79. The molecule has 0 amide bonds. The van der Waals surface area contributed by atoms with Gasteiger partial charge in [0.15, 0.2) is 5.75 Å². The smallest absolute Gasteiger partial charge is 0.339 e. The molecule has 2 rings (SSSR count). The lowest BCUT2D eigenvalue weighted by molar-refractivity contribution is 0.0692. The Hall–Kier alpha value is -1.95. The van der Waals surface area contributed by atoms with Crippen LogP contribution in [0.1, 0.15) is 17.3 Å². The highest BCUT2D eigenvalue weighted by Crippen LogP contribution is 2.25. The van der Waals surface area contributed by atoms with Crippen molar-refractivity contribution in [3.05, 3.63) is 40.8 Å². The summed E-state index contributed by atoms with van der Waals surface area (Å²) in [5.74, 6) is -0.781. The summed E-state index contributed by atoms with van der Waals surface area (Å²) in [4.78, 5) is 19.4. The summed E-state index contributed by atoms with van der Waals surface area (Å²) in [6, 6.07) is 3.30. The number of aromatic nitrogens is 2. The van der Waals surface area contributed by atoms with E-state index in [1.807, 2.05) is 6.07 Å². The Morgan fingerprint density at radius 3 is 2.79 bits per heavy atom. The summed E-state index contributed by atoms with van der Waals surface area (Å²) < 4.78 is 6.05. The van der Waals surface area contributed by atoms with Crippen molar-refractivity contribution in [2.24, 2.45) is 0 Å². The number of rotatable bonds is 4. The van der Waals surface area contributed by atoms with Gasteiger partial charge in [0.05, 0.1) is 18.5 Å². The molecule has 6 heteroatoms. The maximum Gasteiger partial charge on any atom is 0.339 e. The molecule has 1 N–H and O–H groups in total. The van der Waals surface area contributed by atoms with Crippen LogP contribution in [-0.4, -0.2) is 27.7 Å². The quantitative estimate of drug-likeness (QED) is 0.936. The molecular weight excluding hydrogens is 312 g/mol. The molecule has 0 aliphatic rings. The minimum Gasteiger partial charge on any atom is -0.491 e. The van der Waals surface area contributed by atoms with Gasteiger partial charge in [-0.05, 0) is 35.0 Å². The number of carbonyl (C=O) groups is 1. The van der Waals surface area contributed by atoms with E-state index >= 15 is 0 Å². The molecule has 0 atom stereocenters. The molecule has 0 aliphatic carbocycles. The molecule has 0 radical (unpaired) electrons. The van der Waals surface area contributed by atoms with E-state index in [0.29, 0.717) is 12.3 Å². The first-order valence-corrected chi connectivity index (χ1v) is 6.38. The third-order valence-corrected chi connectivity index (χ3v) is 2.83. The molecule has 19 heavy (non-hydrogen) atoms. The third-order valence-electron chi connectivity index (χ3n) is 2.40. The van der Waals surface area contributed by atoms with Crippen molar-refractivity contribution in [3.8, 4) is 17.0 Å². The minimum absolute atomic E-state index is 0.0897. The van der Waals surface area contributed by atoms with E-state index in [9.17, 15) is 9.90 Å². The summed E-state index contributed by atoms with van der Waals surface area (Å²) >= 11 is 3.31. The molecular formula is C13H11BrN2O3. The van der Waals surface area contributed by atoms with Crippen molar-refractivity contribution in [2.45, 2.75) is 6.92 Å². The number of hydrogen-bond acceptors (Lipinski definition) is 4. The number of halogens is 1. The van der Waals surface area contributed by atoms with E-state index in [0.717, 1.165) is 10.0 Å². The van der Waals surface area contributed by atoms with Crippen LogP contribution in [0.2, 0.25) is 0 Å². The molecule has 0 fully saturated rings. The Morgan fingerprint density at radius 1 is 1.37 bits per heavy atom. The van der Waals surface area contributed by atoms with Crippen LogP contribution in [0.5, 0.6) is 5.75 Å².